The molecule has 36 heavy (non-hydrogen) atoms. The van der Waals surface area contributed by atoms with Crippen LogP contribution in [0.4, 0.5) is 5.69 Å². The van der Waals surface area contributed by atoms with Gasteiger partial charge in [-0.25, -0.2) is 0 Å². The van der Waals surface area contributed by atoms with Gasteiger partial charge in [0.2, 0.25) is 0 Å². The molecule has 0 radical (unpaired) electrons. The fourth-order valence-electron chi connectivity index (χ4n) is 4.20. The van der Waals surface area contributed by atoms with Gasteiger partial charge < -0.3 is 19.7 Å². The van der Waals surface area contributed by atoms with Crippen LogP contribution in [0.25, 0.3) is 5.76 Å². The van der Waals surface area contributed by atoms with Crippen LogP contribution in [-0.2, 0) is 9.59 Å². The van der Waals surface area contributed by atoms with Gasteiger partial charge in [-0.3, -0.25) is 14.5 Å². The summed E-state index contributed by atoms with van der Waals surface area (Å²) in [7, 11) is 1.48. The van der Waals surface area contributed by atoms with Gasteiger partial charge in [0.1, 0.15) is 23.0 Å². The Morgan fingerprint density at radius 1 is 1.03 bits per heavy atom. The lowest BCUT2D eigenvalue weighted by Gasteiger charge is -2.26. The molecular formula is C28H26ClNO6. The lowest BCUT2D eigenvalue weighted by Crippen LogP contribution is -2.29. The van der Waals surface area contributed by atoms with Crippen LogP contribution in [0.5, 0.6) is 17.2 Å². The summed E-state index contributed by atoms with van der Waals surface area (Å²) < 4.78 is 10.9. The molecule has 2 N–H and O–H groups in total. The lowest BCUT2D eigenvalue weighted by molar-refractivity contribution is -0.132. The number of carbonyl (C=O) groups is 2. The van der Waals surface area contributed by atoms with Gasteiger partial charge in [0.05, 0.1) is 30.4 Å². The summed E-state index contributed by atoms with van der Waals surface area (Å²) in [5.74, 6) is -0.826. The van der Waals surface area contributed by atoms with Crippen LogP contribution in [0.1, 0.15) is 36.1 Å². The summed E-state index contributed by atoms with van der Waals surface area (Å²) in [6.07, 6.45) is 0.854. The number of phenols is 1. The first kappa shape index (κ1) is 25.1. The fraction of sp³-hybridized carbons (Fsp3) is 0.214. The molecule has 3 aromatic carbocycles. The van der Waals surface area contributed by atoms with Gasteiger partial charge in [0.25, 0.3) is 11.7 Å². The van der Waals surface area contributed by atoms with Crippen LogP contribution in [0.2, 0.25) is 5.02 Å². The largest absolute Gasteiger partial charge is 0.508 e. The minimum absolute atomic E-state index is 0.0292. The molecule has 1 atom stereocenters. The molecule has 0 aromatic heterocycles. The molecule has 4 rings (SSSR count). The molecule has 1 aliphatic heterocycles. The van der Waals surface area contributed by atoms with Gasteiger partial charge >= 0.3 is 0 Å². The number of aliphatic hydroxyl groups is 1. The van der Waals surface area contributed by atoms with E-state index in [4.69, 9.17) is 21.1 Å². The van der Waals surface area contributed by atoms with Crippen molar-refractivity contribution in [2.75, 3.05) is 18.6 Å². The molecule has 7 nitrogen and oxygen atoms in total. The second-order valence-electron chi connectivity index (χ2n) is 8.41. The maximum absolute atomic E-state index is 13.3. The van der Waals surface area contributed by atoms with Gasteiger partial charge in [0, 0.05) is 11.3 Å². The maximum atomic E-state index is 13.3. The quantitative estimate of drug-likeness (QED) is 0.239. The van der Waals surface area contributed by atoms with Crippen molar-refractivity contribution in [3.63, 3.8) is 0 Å². The summed E-state index contributed by atoms with van der Waals surface area (Å²) in [4.78, 5) is 27.9. The van der Waals surface area contributed by atoms with Crippen LogP contribution in [0, 0.1) is 6.92 Å². The van der Waals surface area contributed by atoms with Gasteiger partial charge in [-0.2, -0.15) is 0 Å². The zero-order valence-corrected chi connectivity index (χ0v) is 20.9. The first-order chi connectivity index (χ1) is 17.3. The smallest absolute Gasteiger partial charge is 0.300 e. The monoisotopic (exact) mass is 507 g/mol. The number of hydrogen-bond donors (Lipinski definition) is 2. The predicted molar refractivity (Wildman–Crippen MR) is 138 cm³/mol. The van der Waals surface area contributed by atoms with E-state index >= 15 is 0 Å². The van der Waals surface area contributed by atoms with Crippen molar-refractivity contribution in [3.8, 4) is 17.2 Å². The minimum atomic E-state index is -0.952. The first-order valence-corrected chi connectivity index (χ1v) is 11.8. The topological polar surface area (TPSA) is 96.3 Å². The summed E-state index contributed by atoms with van der Waals surface area (Å²) >= 11 is 6.32. The predicted octanol–water partition coefficient (Wildman–Crippen LogP) is 5.78. The third-order valence-corrected chi connectivity index (χ3v) is 6.27. The number of ketones is 1. The highest BCUT2D eigenvalue weighted by Gasteiger charge is 2.47. The van der Waals surface area contributed by atoms with Crippen molar-refractivity contribution in [1.29, 1.82) is 0 Å². The lowest BCUT2D eigenvalue weighted by atomic mass is 9.94. The molecule has 1 aliphatic rings. The normalized spacial score (nSPS) is 16.9. The second kappa shape index (κ2) is 10.3. The second-order valence-corrected chi connectivity index (χ2v) is 8.82. The molecule has 1 unspecified atom stereocenters. The average Bonchev–Trinajstić information content (AvgIpc) is 3.13. The molecule has 0 spiro atoms. The molecule has 3 aromatic rings. The Hall–Kier alpha value is -3.97. The maximum Gasteiger partial charge on any atom is 0.300 e. The Morgan fingerprint density at radius 3 is 2.33 bits per heavy atom. The third kappa shape index (κ3) is 4.62. The van der Waals surface area contributed by atoms with E-state index in [0.29, 0.717) is 34.9 Å². The van der Waals surface area contributed by atoms with Crippen molar-refractivity contribution in [2.24, 2.45) is 0 Å². The number of ether oxygens (including phenoxy) is 2. The number of nitrogens with zero attached hydrogens (tertiary/aromatic N) is 1. The highest BCUT2D eigenvalue weighted by atomic mass is 35.5. The van der Waals surface area contributed by atoms with Crippen LogP contribution in [0.15, 0.2) is 66.2 Å². The standard InChI is InChI=1S/C28H26ClNO6/c1-4-13-36-22-11-7-18(14-16(22)2)26(32)24-25(17-5-9-20(31)10-6-17)30(28(34)27(24)33)19-8-12-23(35-3)21(29)15-19/h5-12,14-15,25,31-32H,4,13H2,1-3H3/b26-24+. The molecule has 0 aliphatic carbocycles. The van der Waals surface area contributed by atoms with Crippen LogP contribution >= 0.6 is 11.6 Å². The summed E-state index contributed by atoms with van der Waals surface area (Å²) in [6, 6.07) is 15.0. The number of phenolic OH excluding ortho intramolecular Hbond substituents is 1. The van der Waals surface area contributed by atoms with Gasteiger partial charge in [-0.15, -0.1) is 0 Å². The van der Waals surface area contributed by atoms with E-state index in [-0.39, 0.29) is 22.1 Å². The Kier molecular flexibility index (Phi) is 7.22. The van der Waals surface area contributed by atoms with Crippen molar-refractivity contribution in [1.82, 2.24) is 0 Å². The van der Waals surface area contributed by atoms with Crippen LogP contribution in [-0.4, -0.2) is 35.6 Å². The van der Waals surface area contributed by atoms with E-state index in [1.54, 1.807) is 42.5 Å². The molecule has 8 heteroatoms. The highest BCUT2D eigenvalue weighted by Crippen LogP contribution is 2.44. The molecular weight excluding hydrogens is 482 g/mol. The summed E-state index contributed by atoms with van der Waals surface area (Å²) in [6.45, 7) is 4.41. The third-order valence-electron chi connectivity index (χ3n) is 5.98. The van der Waals surface area contributed by atoms with Crippen LogP contribution in [0.3, 0.4) is 0 Å². The van der Waals surface area contributed by atoms with Crippen LogP contribution < -0.4 is 14.4 Å². The Labute approximate surface area is 214 Å². The van der Waals surface area contributed by atoms with E-state index in [0.717, 1.165) is 12.0 Å². The van der Waals surface area contributed by atoms with Gasteiger partial charge in [0.15, 0.2) is 0 Å². The molecule has 186 valence electrons. The molecule has 1 fully saturated rings. The molecule has 0 bridgehead atoms. The van der Waals surface area contributed by atoms with E-state index < -0.39 is 17.7 Å². The number of hydrogen-bond acceptors (Lipinski definition) is 6. The Morgan fingerprint density at radius 2 is 1.72 bits per heavy atom. The molecule has 1 saturated heterocycles. The van der Waals surface area contributed by atoms with E-state index in [1.807, 2.05) is 13.8 Å². The first-order valence-electron chi connectivity index (χ1n) is 11.4. The number of anilines is 1. The number of aliphatic hydroxyl groups excluding tert-OH is 1. The number of aryl methyl sites for hydroxylation is 1. The summed E-state index contributed by atoms with van der Waals surface area (Å²) in [5.41, 5.74) is 1.98. The SMILES string of the molecule is CCCOc1ccc(/C(O)=C2\C(=O)C(=O)N(c3ccc(OC)c(Cl)c3)C2c2ccc(O)cc2)cc1C. The number of methoxy groups -OCH3 is 1. The zero-order chi connectivity index (χ0) is 26.0. The Bertz CT molecular complexity index is 1350. The Balaban J connectivity index is 1.88. The molecule has 1 heterocycles. The van der Waals surface area contributed by atoms with Gasteiger partial charge in [-0.05, 0) is 73.0 Å². The highest BCUT2D eigenvalue weighted by molar-refractivity contribution is 6.51. The number of aromatic hydroxyl groups is 1. The number of rotatable bonds is 7. The number of carbonyl (C=O) groups excluding carboxylic acids is 2. The van der Waals surface area contributed by atoms with Gasteiger partial charge in [-0.1, -0.05) is 30.7 Å². The summed E-state index contributed by atoms with van der Waals surface area (Å²) in [5, 5.41) is 21.4. The number of Topliss-reactive ketones (excluding diaryl/α,β-unsaturated/α-hetero) is 1. The van der Waals surface area contributed by atoms with Crippen molar-refractivity contribution < 1.29 is 29.3 Å². The fourth-order valence-corrected chi connectivity index (χ4v) is 4.45. The number of amides is 1. The zero-order valence-electron chi connectivity index (χ0n) is 20.1. The van der Waals surface area contributed by atoms with E-state index in [1.165, 1.54) is 30.2 Å². The van der Waals surface area contributed by atoms with Crippen molar-refractivity contribution in [3.05, 3.63) is 87.9 Å². The van der Waals surface area contributed by atoms with Crippen molar-refractivity contribution in [2.45, 2.75) is 26.3 Å². The van der Waals surface area contributed by atoms with E-state index in [9.17, 15) is 19.8 Å². The molecule has 0 saturated carbocycles. The van der Waals surface area contributed by atoms with E-state index in [2.05, 4.69) is 0 Å². The average molecular weight is 508 g/mol. The number of benzene rings is 3. The molecule has 1 amide bonds. The number of halogens is 1. The minimum Gasteiger partial charge on any atom is -0.508 e. The van der Waals surface area contributed by atoms with Crippen molar-refractivity contribution >= 4 is 34.7 Å².